The van der Waals surface area contributed by atoms with E-state index in [1.807, 2.05) is 20.8 Å². The smallest absolute Gasteiger partial charge is 0.243 e. The molecule has 0 spiro atoms. The highest BCUT2D eigenvalue weighted by molar-refractivity contribution is 7.89. The first-order valence-corrected chi connectivity index (χ1v) is 11.6. The molecule has 0 bridgehead atoms. The summed E-state index contributed by atoms with van der Waals surface area (Å²) < 4.78 is 44.0. The van der Waals surface area contributed by atoms with E-state index < -0.39 is 10.0 Å². The number of aliphatic imine (C=N–C) groups is 1. The molecule has 0 atom stereocenters. The number of hydrogen-bond acceptors (Lipinski definition) is 7. The summed E-state index contributed by atoms with van der Waals surface area (Å²) in [5.74, 6) is 0.776. The molecule has 1 aliphatic heterocycles. The monoisotopic (exact) mass is 448 g/mol. The maximum atomic E-state index is 13.0. The van der Waals surface area contributed by atoms with Crippen LogP contribution in [0.15, 0.2) is 46.3 Å². The maximum absolute atomic E-state index is 13.0. The van der Waals surface area contributed by atoms with Crippen molar-refractivity contribution in [3.8, 4) is 17.2 Å². The lowest BCUT2D eigenvalue weighted by atomic mass is 10.2. The van der Waals surface area contributed by atoms with Crippen molar-refractivity contribution in [2.45, 2.75) is 31.8 Å². The number of morpholine rings is 1. The minimum atomic E-state index is -3.68. The van der Waals surface area contributed by atoms with Crippen molar-refractivity contribution in [3.63, 3.8) is 0 Å². The van der Waals surface area contributed by atoms with E-state index in [2.05, 4.69) is 4.99 Å². The van der Waals surface area contributed by atoms with Crippen LogP contribution in [0, 0.1) is 0 Å². The number of hydrogen-bond donors (Lipinski definition) is 1. The van der Waals surface area contributed by atoms with Crippen LogP contribution in [0.2, 0.25) is 0 Å². The molecule has 9 heteroatoms. The summed E-state index contributed by atoms with van der Waals surface area (Å²) in [6.45, 7) is 7.36. The van der Waals surface area contributed by atoms with Crippen LogP contribution < -0.4 is 9.47 Å². The molecule has 1 heterocycles. The van der Waals surface area contributed by atoms with Gasteiger partial charge in [0.05, 0.1) is 30.8 Å². The Bertz CT molecular complexity index is 1030. The molecule has 1 aliphatic rings. The van der Waals surface area contributed by atoms with Crippen LogP contribution in [-0.2, 0) is 14.8 Å². The second-order valence-corrected chi connectivity index (χ2v) is 9.14. The lowest BCUT2D eigenvalue weighted by Gasteiger charge is -2.26. The van der Waals surface area contributed by atoms with Crippen LogP contribution in [0.3, 0.4) is 0 Å². The van der Waals surface area contributed by atoms with E-state index in [0.717, 1.165) is 0 Å². The fraction of sp³-hybridized carbons (Fsp3) is 0.409. The molecule has 8 nitrogen and oxygen atoms in total. The molecule has 31 heavy (non-hydrogen) atoms. The lowest BCUT2D eigenvalue weighted by molar-refractivity contribution is 0.0730. The van der Waals surface area contributed by atoms with Gasteiger partial charge in [0.2, 0.25) is 10.0 Å². The molecule has 0 aromatic heterocycles. The highest BCUT2D eigenvalue weighted by Gasteiger charge is 2.27. The number of phenols is 1. The van der Waals surface area contributed by atoms with Gasteiger partial charge < -0.3 is 19.3 Å². The van der Waals surface area contributed by atoms with E-state index in [-0.39, 0.29) is 16.7 Å². The highest BCUT2D eigenvalue weighted by Crippen LogP contribution is 2.34. The van der Waals surface area contributed by atoms with Crippen LogP contribution in [0.1, 0.15) is 26.3 Å². The van der Waals surface area contributed by atoms with Gasteiger partial charge in [-0.25, -0.2) is 8.42 Å². The fourth-order valence-corrected chi connectivity index (χ4v) is 4.53. The first kappa shape index (κ1) is 23.1. The maximum Gasteiger partial charge on any atom is 0.243 e. The zero-order chi connectivity index (χ0) is 22.4. The van der Waals surface area contributed by atoms with Gasteiger partial charge in [0.1, 0.15) is 11.4 Å². The number of rotatable bonds is 8. The van der Waals surface area contributed by atoms with Crippen LogP contribution in [0.4, 0.5) is 5.69 Å². The van der Waals surface area contributed by atoms with Gasteiger partial charge in [-0.1, -0.05) is 6.07 Å². The predicted molar refractivity (Wildman–Crippen MR) is 118 cm³/mol. The Morgan fingerprint density at radius 3 is 2.61 bits per heavy atom. The Morgan fingerprint density at radius 2 is 1.94 bits per heavy atom. The molecule has 168 valence electrons. The molecule has 2 aromatic carbocycles. The van der Waals surface area contributed by atoms with Crippen molar-refractivity contribution in [3.05, 3.63) is 42.0 Å². The zero-order valence-electron chi connectivity index (χ0n) is 17.9. The molecular formula is C22H28N2O6S. The molecule has 0 aliphatic carbocycles. The Balaban J connectivity index is 1.98. The SMILES string of the molecule is CCOc1cccc(C=Nc2cc(S(=O)(=O)N3CCOCC3)ccc2OC(C)C)c1O. The Kier molecular flexibility index (Phi) is 7.53. The van der Waals surface area contributed by atoms with Gasteiger partial charge in [-0.3, -0.25) is 4.99 Å². The normalized spacial score (nSPS) is 15.5. The number of para-hydroxylation sites is 1. The molecule has 1 fully saturated rings. The fourth-order valence-electron chi connectivity index (χ4n) is 3.10. The van der Waals surface area contributed by atoms with Crippen LogP contribution in [0.25, 0.3) is 0 Å². The molecule has 0 amide bonds. The molecular weight excluding hydrogens is 420 g/mol. The average molecular weight is 449 g/mol. The van der Waals surface area contributed by atoms with Gasteiger partial charge in [-0.05, 0) is 51.1 Å². The minimum Gasteiger partial charge on any atom is -0.504 e. The summed E-state index contributed by atoms with van der Waals surface area (Å²) >= 11 is 0. The molecule has 1 N–H and O–H groups in total. The predicted octanol–water partition coefficient (Wildman–Crippen LogP) is 3.35. The van der Waals surface area contributed by atoms with Gasteiger partial charge in [0.15, 0.2) is 11.5 Å². The standard InChI is InChI=1S/C22H28N2O6S/c1-4-29-21-7-5-6-17(22(21)25)15-23-19-14-18(8-9-20(19)30-16(2)3)31(26,27)24-10-12-28-13-11-24/h5-9,14-16,25H,4,10-13H2,1-3H3. The molecule has 2 aromatic rings. The van der Waals surface area contributed by atoms with Gasteiger partial charge in [-0.15, -0.1) is 0 Å². The third-order valence-corrected chi connectivity index (χ3v) is 6.47. The van der Waals surface area contributed by atoms with Crippen molar-refractivity contribution < 1.29 is 27.7 Å². The van der Waals surface area contributed by atoms with Crippen LogP contribution in [0.5, 0.6) is 17.2 Å². The van der Waals surface area contributed by atoms with E-state index in [1.165, 1.54) is 22.7 Å². The molecule has 0 radical (unpaired) electrons. The minimum absolute atomic E-state index is 0.0310. The lowest BCUT2D eigenvalue weighted by Crippen LogP contribution is -2.40. The number of aromatic hydroxyl groups is 1. The summed E-state index contributed by atoms with van der Waals surface area (Å²) in [6, 6.07) is 9.72. The van der Waals surface area contributed by atoms with E-state index in [0.29, 0.717) is 55.7 Å². The first-order chi connectivity index (χ1) is 14.8. The van der Waals surface area contributed by atoms with E-state index >= 15 is 0 Å². The summed E-state index contributed by atoms with van der Waals surface area (Å²) in [5.41, 5.74) is 0.798. The summed E-state index contributed by atoms with van der Waals surface area (Å²) in [7, 11) is -3.68. The largest absolute Gasteiger partial charge is 0.504 e. The number of phenolic OH excluding ortho intramolecular Hbond substituents is 1. The number of nitrogens with zero attached hydrogens (tertiary/aromatic N) is 2. The molecule has 1 saturated heterocycles. The zero-order valence-corrected chi connectivity index (χ0v) is 18.8. The second-order valence-electron chi connectivity index (χ2n) is 7.20. The summed E-state index contributed by atoms with van der Waals surface area (Å²) in [4.78, 5) is 4.57. The summed E-state index contributed by atoms with van der Waals surface area (Å²) in [6.07, 6.45) is 1.34. The van der Waals surface area contributed by atoms with Gasteiger partial charge in [-0.2, -0.15) is 4.31 Å². The van der Waals surface area contributed by atoms with E-state index in [4.69, 9.17) is 14.2 Å². The quantitative estimate of drug-likeness (QED) is 0.622. The van der Waals surface area contributed by atoms with Gasteiger partial charge >= 0.3 is 0 Å². The average Bonchev–Trinajstić information content (AvgIpc) is 2.75. The Morgan fingerprint density at radius 1 is 1.19 bits per heavy atom. The molecule has 3 rings (SSSR count). The highest BCUT2D eigenvalue weighted by atomic mass is 32.2. The van der Waals surface area contributed by atoms with E-state index in [1.54, 1.807) is 24.3 Å². The Labute approximate surface area is 183 Å². The Hall–Kier alpha value is -2.62. The van der Waals surface area contributed by atoms with Gasteiger partial charge in [0, 0.05) is 24.9 Å². The van der Waals surface area contributed by atoms with E-state index in [9.17, 15) is 13.5 Å². The topological polar surface area (TPSA) is 97.7 Å². The van der Waals surface area contributed by atoms with Crippen molar-refractivity contribution >= 4 is 21.9 Å². The second kappa shape index (κ2) is 10.1. The third kappa shape index (κ3) is 5.55. The van der Waals surface area contributed by atoms with Crippen molar-refractivity contribution in [1.82, 2.24) is 4.31 Å². The van der Waals surface area contributed by atoms with Crippen molar-refractivity contribution in [2.75, 3.05) is 32.9 Å². The third-order valence-electron chi connectivity index (χ3n) is 4.57. The van der Waals surface area contributed by atoms with Crippen LogP contribution in [-0.4, -0.2) is 63.1 Å². The number of ether oxygens (including phenoxy) is 3. The number of benzene rings is 2. The molecule has 0 unspecified atom stereocenters. The summed E-state index contributed by atoms with van der Waals surface area (Å²) in [5, 5.41) is 10.4. The van der Waals surface area contributed by atoms with Gasteiger partial charge in [0.25, 0.3) is 0 Å². The van der Waals surface area contributed by atoms with Crippen LogP contribution >= 0.6 is 0 Å². The van der Waals surface area contributed by atoms with Crippen molar-refractivity contribution in [2.24, 2.45) is 4.99 Å². The number of sulfonamides is 1. The van der Waals surface area contributed by atoms with Crippen molar-refractivity contribution in [1.29, 1.82) is 0 Å². The molecule has 0 saturated carbocycles. The first-order valence-electron chi connectivity index (χ1n) is 10.2.